The number of hydrogen-bond donors (Lipinski definition) is 1. The fourth-order valence-electron chi connectivity index (χ4n) is 1.77. The topological polar surface area (TPSA) is 37.3 Å². The molecule has 0 aliphatic heterocycles. The van der Waals surface area contributed by atoms with Crippen LogP contribution in [0.15, 0.2) is 24.3 Å². The van der Waals surface area contributed by atoms with Gasteiger partial charge < -0.3 is 5.11 Å². The van der Waals surface area contributed by atoms with Crippen molar-refractivity contribution in [2.45, 2.75) is 44.9 Å². The highest BCUT2D eigenvalue weighted by molar-refractivity contribution is 7.12. The molecule has 0 spiro atoms. The molecule has 0 atom stereocenters. The SMILES string of the molecule is C#CC=CCCCCc1ccc(C#CCCCC(=O)O)s1. The molecular formula is C18H20O2S. The van der Waals surface area contributed by atoms with Gasteiger partial charge in [-0.2, -0.15) is 0 Å². The Balaban J connectivity index is 2.24. The molecule has 110 valence electrons. The first-order chi connectivity index (χ1) is 10.2. The lowest BCUT2D eigenvalue weighted by atomic mass is 10.1. The number of unbranched alkanes of at least 4 members (excludes halogenated alkanes) is 3. The van der Waals surface area contributed by atoms with Gasteiger partial charge in [-0.05, 0) is 50.3 Å². The number of allylic oxidation sites excluding steroid dienone is 2. The van der Waals surface area contributed by atoms with Crippen molar-refractivity contribution in [3.8, 4) is 24.2 Å². The van der Waals surface area contributed by atoms with Crippen LogP contribution in [0, 0.1) is 24.2 Å². The molecule has 0 saturated carbocycles. The molecule has 0 amide bonds. The van der Waals surface area contributed by atoms with E-state index in [1.54, 1.807) is 17.4 Å². The molecule has 1 N–H and O–H groups in total. The number of thiophene rings is 1. The van der Waals surface area contributed by atoms with Gasteiger partial charge in [0, 0.05) is 17.7 Å². The Kier molecular flexibility index (Phi) is 8.76. The molecule has 21 heavy (non-hydrogen) atoms. The fourth-order valence-corrected chi connectivity index (χ4v) is 2.69. The minimum absolute atomic E-state index is 0.193. The monoisotopic (exact) mass is 300 g/mol. The summed E-state index contributed by atoms with van der Waals surface area (Å²) in [7, 11) is 0. The number of carboxylic acid groups (broad SMARTS) is 1. The molecule has 1 rings (SSSR count). The van der Waals surface area contributed by atoms with Gasteiger partial charge in [0.1, 0.15) is 0 Å². The molecule has 0 aliphatic rings. The van der Waals surface area contributed by atoms with Gasteiger partial charge in [-0.1, -0.05) is 23.8 Å². The van der Waals surface area contributed by atoms with E-state index in [1.807, 2.05) is 12.1 Å². The highest BCUT2D eigenvalue weighted by Crippen LogP contribution is 2.18. The zero-order chi connectivity index (χ0) is 15.3. The van der Waals surface area contributed by atoms with Crippen LogP contribution in [0.1, 0.15) is 48.3 Å². The predicted molar refractivity (Wildman–Crippen MR) is 88.2 cm³/mol. The molecule has 0 radical (unpaired) electrons. The van der Waals surface area contributed by atoms with E-state index >= 15 is 0 Å². The van der Waals surface area contributed by atoms with Crippen molar-refractivity contribution in [3.63, 3.8) is 0 Å². The van der Waals surface area contributed by atoms with E-state index < -0.39 is 5.97 Å². The summed E-state index contributed by atoms with van der Waals surface area (Å²) in [6.45, 7) is 0. The lowest BCUT2D eigenvalue weighted by Crippen LogP contribution is -1.92. The Hall–Kier alpha value is -1.97. The average Bonchev–Trinajstić information content (AvgIpc) is 2.90. The van der Waals surface area contributed by atoms with Gasteiger partial charge in [0.25, 0.3) is 0 Å². The third kappa shape index (κ3) is 8.74. The fraction of sp³-hybridized carbons (Fsp3) is 0.389. The van der Waals surface area contributed by atoms with E-state index in [0.717, 1.165) is 30.6 Å². The predicted octanol–water partition coefficient (Wildman–Crippen LogP) is 4.26. The molecule has 1 aromatic rings. The Morgan fingerprint density at radius 3 is 2.95 bits per heavy atom. The van der Waals surface area contributed by atoms with Crippen LogP contribution in [0.25, 0.3) is 0 Å². The largest absolute Gasteiger partial charge is 0.481 e. The lowest BCUT2D eigenvalue weighted by molar-refractivity contribution is -0.137. The van der Waals surface area contributed by atoms with Crippen LogP contribution in [-0.4, -0.2) is 11.1 Å². The summed E-state index contributed by atoms with van der Waals surface area (Å²) >= 11 is 1.73. The van der Waals surface area contributed by atoms with Gasteiger partial charge in [0.15, 0.2) is 0 Å². The molecule has 2 nitrogen and oxygen atoms in total. The van der Waals surface area contributed by atoms with Crippen molar-refractivity contribution in [1.29, 1.82) is 0 Å². The first kappa shape index (κ1) is 17.1. The number of aliphatic carboxylic acids is 1. The second kappa shape index (κ2) is 10.8. The molecule has 0 unspecified atom stereocenters. The molecule has 1 aromatic heterocycles. The van der Waals surface area contributed by atoms with Crippen LogP contribution >= 0.6 is 11.3 Å². The van der Waals surface area contributed by atoms with Crippen molar-refractivity contribution in [1.82, 2.24) is 0 Å². The number of terminal acetylenes is 1. The van der Waals surface area contributed by atoms with E-state index in [1.165, 1.54) is 4.88 Å². The van der Waals surface area contributed by atoms with Gasteiger partial charge >= 0.3 is 5.97 Å². The minimum atomic E-state index is -0.757. The second-order valence-corrected chi connectivity index (χ2v) is 5.80. The quantitative estimate of drug-likeness (QED) is 0.575. The van der Waals surface area contributed by atoms with Crippen LogP contribution in [0.4, 0.5) is 0 Å². The summed E-state index contributed by atoms with van der Waals surface area (Å²) in [5, 5.41) is 8.52. The highest BCUT2D eigenvalue weighted by Gasteiger charge is 1.98. The van der Waals surface area contributed by atoms with Crippen molar-refractivity contribution < 1.29 is 9.90 Å². The zero-order valence-corrected chi connectivity index (χ0v) is 12.9. The average molecular weight is 300 g/mol. The van der Waals surface area contributed by atoms with Crippen LogP contribution in [-0.2, 0) is 11.2 Å². The standard InChI is InChI=1S/C18H20O2S/c1-2-3-4-5-6-8-11-16-14-15-17(21-16)12-9-7-10-13-18(19)20/h1,3-4,14-15H,5-8,10-11,13H2,(H,19,20). The number of carboxylic acids is 1. The zero-order valence-electron chi connectivity index (χ0n) is 12.1. The van der Waals surface area contributed by atoms with E-state index in [4.69, 9.17) is 11.5 Å². The summed E-state index contributed by atoms with van der Waals surface area (Å²) in [5.41, 5.74) is 0. The number of carbonyl (C=O) groups is 1. The molecular weight excluding hydrogens is 280 g/mol. The van der Waals surface area contributed by atoms with Crippen LogP contribution in [0.5, 0.6) is 0 Å². The summed E-state index contributed by atoms with van der Waals surface area (Å²) in [4.78, 5) is 12.8. The normalized spacial score (nSPS) is 10.0. The molecule has 0 saturated heterocycles. The highest BCUT2D eigenvalue weighted by atomic mass is 32.1. The molecule has 0 bridgehead atoms. The van der Waals surface area contributed by atoms with Crippen molar-refractivity contribution in [2.24, 2.45) is 0 Å². The second-order valence-electron chi connectivity index (χ2n) is 4.63. The number of aryl methyl sites for hydroxylation is 1. The maximum atomic E-state index is 10.4. The Morgan fingerprint density at radius 1 is 1.33 bits per heavy atom. The van der Waals surface area contributed by atoms with Crippen LogP contribution in [0.2, 0.25) is 0 Å². The van der Waals surface area contributed by atoms with E-state index in [-0.39, 0.29) is 6.42 Å². The van der Waals surface area contributed by atoms with Gasteiger partial charge in [-0.3, -0.25) is 4.79 Å². The number of rotatable bonds is 8. The van der Waals surface area contributed by atoms with Gasteiger partial charge in [0.2, 0.25) is 0 Å². The first-order valence-electron chi connectivity index (χ1n) is 7.13. The molecule has 0 aliphatic carbocycles. The van der Waals surface area contributed by atoms with E-state index in [9.17, 15) is 4.79 Å². The third-order valence-electron chi connectivity index (χ3n) is 2.82. The van der Waals surface area contributed by atoms with Crippen molar-refractivity contribution in [3.05, 3.63) is 34.0 Å². The summed E-state index contributed by atoms with van der Waals surface area (Å²) in [5.74, 6) is 7.86. The summed E-state index contributed by atoms with van der Waals surface area (Å²) < 4.78 is 0. The maximum absolute atomic E-state index is 10.4. The maximum Gasteiger partial charge on any atom is 0.303 e. The van der Waals surface area contributed by atoms with Gasteiger partial charge in [-0.25, -0.2) is 0 Å². The summed E-state index contributed by atoms with van der Waals surface area (Å²) in [6.07, 6.45) is 14.8. The third-order valence-corrected chi connectivity index (χ3v) is 3.88. The van der Waals surface area contributed by atoms with Gasteiger partial charge in [-0.15, -0.1) is 17.8 Å². The smallest absolute Gasteiger partial charge is 0.303 e. The van der Waals surface area contributed by atoms with Crippen LogP contribution in [0.3, 0.4) is 0 Å². The summed E-state index contributed by atoms with van der Waals surface area (Å²) in [6, 6.07) is 4.17. The minimum Gasteiger partial charge on any atom is -0.481 e. The van der Waals surface area contributed by atoms with Gasteiger partial charge in [0.05, 0.1) is 4.88 Å². The van der Waals surface area contributed by atoms with Crippen molar-refractivity contribution >= 4 is 17.3 Å². The van der Waals surface area contributed by atoms with Crippen LogP contribution < -0.4 is 0 Å². The Bertz CT molecular complexity index is 564. The Labute approximate surface area is 130 Å². The number of hydrogen-bond acceptors (Lipinski definition) is 2. The first-order valence-corrected chi connectivity index (χ1v) is 7.94. The van der Waals surface area contributed by atoms with E-state index in [2.05, 4.69) is 23.8 Å². The molecule has 0 aromatic carbocycles. The Morgan fingerprint density at radius 2 is 2.19 bits per heavy atom. The lowest BCUT2D eigenvalue weighted by Gasteiger charge is -1.95. The molecule has 0 fully saturated rings. The molecule has 3 heteroatoms. The van der Waals surface area contributed by atoms with E-state index in [0.29, 0.717) is 12.8 Å². The van der Waals surface area contributed by atoms with Crippen molar-refractivity contribution in [2.75, 3.05) is 0 Å². The molecule has 1 heterocycles.